The van der Waals surface area contributed by atoms with Gasteiger partial charge in [0, 0.05) is 34.0 Å². The van der Waals surface area contributed by atoms with Crippen molar-refractivity contribution >= 4 is 17.2 Å². The van der Waals surface area contributed by atoms with Gasteiger partial charge in [-0.3, -0.25) is 9.48 Å². The minimum Gasteiger partial charge on any atom is -0.333 e. The normalized spacial score (nSPS) is 15.3. The Hall–Kier alpha value is -3.44. The molecule has 33 heavy (non-hydrogen) atoms. The molecule has 5 heteroatoms. The average molecular weight is 454 g/mol. The van der Waals surface area contributed by atoms with E-state index in [0.29, 0.717) is 13.1 Å². The zero-order chi connectivity index (χ0) is 22.9. The number of carbonyl (C=O) groups is 1. The summed E-state index contributed by atoms with van der Waals surface area (Å²) in [5, 5.41) is 4.81. The van der Waals surface area contributed by atoms with Gasteiger partial charge in [-0.25, -0.2) is 0 Å². The highest BCUT2D eigenvalue weighted by Gasteiger charge is 2.31. The maximum absolute atomic E-state index is 12.5. The van der Waals surface area contributed by atoms with Crippen LogP contribution in [0.3, 0.4) is 0 Å². The largest absolute Gasteiger partial charge is 0.333 e. The van der Waals surface area contributed by atoms with Crippen molar-refractivity contribution in [1.29, 1.82) is 0 Å². The number of benzene rings is 2. The number of hydrogen-bond acceptors (Lipinski definition) is 3. The lowest BCUT2D eigenvalue weighted by Gasteiger charge is -2.33. The van der Waals surface area contributed by atoms with Crippen LogP contribution in [0.25, 0.3) is 11.1 Å². The Morgan fingerprint density at radius 1 is 1.09 bits per heavy atom. The van der Waals surface area contributed by atoms with Crippen molar-refractivity contribution in [1.82, 2.24) is 14.7 Å². The third kappa shape index (κ3) is 4.16. The van der Waals surface area contributed by atoms with E-state index in [2.05, 4.69) is 81.2 Å². The smallest absolute Gasteiger partial charge is 0.246 e. The summed E-state index contributed by atoms with van der Waals surface area (Å²) in [5.41, 5.74) is 7.14. The molecule has 1 aliphatic heterocycles. The van der Waals surface area contributed by atoms with Crippen molar-refractivity contribution in [3.05, 3.63) is 112 Å². The first-order valence-electron chi connectivity index (χ1n) is 11.2. The molecule has 4 nitrogen and oxygen atoms in total. The lowest BCUT2D eigenvalue weighted by molar-refractivity contribution is -0.127. The first-order chi connectivity index (χ1) is 16.0. The number of rotatable bonds is 5. The standard InChI is InChI=1S/C28H27N3OS/c1-4-28(32)30-16-26(24-14-19(2)33-27(24)18-30)23-13-9-8-12-22(23)25-17-31(29-20(25)3)15-21-10-6-5-7-11-21/h4-14,17,26H,1,15-16,18H2,2-3H3/t26-/m1/s1. The van der Waals surface area contributed by atoms with Crippen LogP contribution in [0.2, 0.25) is 0 Å². The van der Waals surface area contributed by atoms with Crippen molar-refractivity contribution in [2.75, 3.05) is 6.54 Å². The molecule has 3 heterocycles. The molecule has 2 aromatic heterocycles. The van der Waals surface area contributed by atoms with Crippen molar-refractivity contribution in [2.24, 2.45) is 0 Å². The van der Waals surface area contributed by atoms with Gasteiger partial charge in [0.2, 0.25) is 5.91 Å². The van der Waals surface area contributed by atoms with Gasteiger partial charge in [0.15, 0.2) is 0 Å². The minimum atomic E-state index is -0.0129. The average Bonchev–Trinajstić information content (AvgIpc) is 3.39. The molecule has 1 atom stereocenters. The van der Waals surface area contributed by atoms with Crippen molar-refractivity contribution in [3.63, 3.8) is 0 Å². The van der Waals surface area contributed by atoms with E-state index in [-0.39, 0.29) is 11.8 Å². The van der Waals surface area contributed by atoms with Gasteiger partial charge < -0.3 is 4.90 Å². The van der Waals surface area contributed by atoms with Gasteiger partial charge >= 0.3 is 0 Å². The summed E-state index contributed by atoms with van der Waals surface area (Å²) in [6.45, 7) is 9.98. The topological polar surface area (TPSA) is 38.1 Å². The van der Waals surface area contributed by atoms with Crippen LogP contribution in [0.15, 0.2) is 79.5 Å². The second-order valence-corrected chi connectivity index (χ2v) is 9.95. The van der Waals surface area contributed by atoms with Crippen LogP contribution in [0, 0.1) is 13.8 Å². The Kier molecular flexibility index (Phi) is 5.73. The highest BCUT2D eigenvalue weighted by Crippen LogP contribution is 2.42. The minimum absolute atomic E-state index is 0.0129. The number of aryl methyl sites for hydroxylation is 2. The Labute approximate surface area is 198 Å². The van der Waals surface area contributed by atoms with Crippen LogP contribution in [0.1, 0.15) is 38.1 Å². The molecule has 166 valence electrons. The fourth-order valence-corrected chi connectivity index (χ4v) is 5.91. The van der Waals surface area contributed by atoms with E-state index < -0.39 is 0 Å². The Morgan fingerprint density at radius 2 is 1.85 bits per heavy atom. The molecule has 0 bridgehead atoms. The van der Waals surface area contributed by atoms with Gasteiger partial charge in [-0.1, -0.05) is 61.2 Å². The molecule has 0 fully saturated rings. The second kappa shape index (κ2) is 8.83. The van der Waals surface area contributed by atoms with Crippen LogP contribution < -0.4 is 0 Å². The molecule has 0 spiro atoms. The van der Waals surface area contributed by atoms with Crippen LogP contribution in [-0.2, 0) is 17.9 Å². The molecule has 0 saturated carbocycles. The molecule has 4 aromatic rings. The van der Waals surface area contributed by atoms with Gasteiger partial charge in [-0.2, -0.15) is 5.10 Å². The predicted octanol–water partition coefficient (Wildman–Crippen LogP) is 5.94. The number of aromatic nitrogens is 2. The molecular weight excluding hydrogens is 426 g/mol. The summed E-state index contributed by atoms with van der Waals surface area (Å²) >= 11 is 1.79. The van der Waals surface area contributed by atoms with Gasteiger partial charge in [0.25, 0.3) is 0 Å². The number of thiophene rings is 1. The summed E-state index contributed by atoms with van der Waals surface area (Å²) in [6, 6.07) is 21.2. The zero-order valence-electron chi connectivity index (χ0n) is 19.0. The van der Waals surface area contributed by atoms with E-state index in [4.69, 9.17) is 5.10 Å². The van der Waals surface area contributed by atoms with Crippen LogP contribution in [0.4, 0.5) is 0 Å². The lowest BCUT2D eigenvalue weighted by Crippen LogP contribution is -2.37. The van der Waals surface area contributed by atoms with Crippen LogP contribution in [0.5, 0.6) is 0 Å². The highest BCUT2D eigenvalue weighted by molar-refractivity contribution is 7.12. The monoisotopic (exact) mass is 453 g/mol. The molecular formula is C28H27N3OS. The van der Waals surface area contributed by atoms with Crippen molar-refractivity contribution < 1.29 is 4.79 Å². The van der Waals surface area contributed by atoms with Gasteiger partial charge in [0.1, 0.15) is 0 Å². The molecule has 0 N–H and O–H groups in total. The fourth-order valence-electron chi connectivity index (χ4n) is 4.80. The third-order valence-electron chi connectivity index (χ3n) is 6.32. The summed E-state index contributed by atoms with van der Waals surface area (Å²) in [4.78, 5) is 17.0. The number of nitrogens with zero attached hydrogens (tertiary/aromatic N) is 3. The van der Waals surface area contributed by atoms with E-state index in [1.807, 2.05) is 15.6 Å². The quantitative estimate of drug-likeness (QED) is 0.351. The molecule has 0 saturated heterocycles. The second-order valence-electron chi connectivity index (χ2n) is 8.61. The van der Waals surface area contributed by atoms with E-state index in [9.17, 15) is 4.79 Å². The van der Waals surface area contributed by atoms with Crippen LogP contribution >= 0.6 is 11.3 Å². The molecule has 5 rings (SSSR count). The predicted molar refractivity (Wildman–Crippen MR) is 134 cm³/mol. The third-order valence-corrected chi connectivity index (χ3v) is 7.38. The molecule has 1 aliphatic rings. The Bertz CT molecular complexity index is 1320. The van der Waals surface area contributed by atoms with Gasteiger partial charge in [0.05, 0.1) is 18.8 Å². The lowest BCUT2D eigenvalue weighted by atomic mass is 9.84. The molecule has 0 aliphatic carbocycles. The van der Waals surface area contributed by atoms with Crippen molar-refractivity contribution in [2.45, 2.75) is 32.9 Å². The van der Waals surface area contributed by atoms with E-state index in [1.165, 1.54) is 38.1 Å². The van der Waals surface area contributed by atoms with Gasteiger partial charge in [-0.05, 0) is 48.2 Å². The van der Waals surface area contributed by atoms with Crippen molar-refractivity contribution in [3.8, 4) is 11.1 Å². The summed E-state index contributed by atoms with van der Waals surface area (Å²) in [5.74, 6) is 0.108. The number of fused-ring (bicyclic) bond motifs is 1. The van der Waals surface area contributed by atoms with Gasteiger partial charge in [-0.15, -0.1) is 11.3 Å². The zero-order valence-corrected chi connectivity index (χ0v) is 19.8. The fraction of sp³-hybridized carbons (Fsp3) is 0.214. The molecule has 2 aromatic carbocycles. The summed E-state index contributed by atoms with van der Waals surface area (Å²) in [6.07, 6.45) is 3.57. The molecule has 1 amide bonds. The maximum Gasteiger partial charge on any atom is 0.246 e. The Morgan fingerprint density at radius 3 is 2.64 bits per heavy atom. The highest BCUT2D eigenvalue weighted by atomic mass is 32.1. The summed E-state index contributed by atoms with van der Waals surface area (Å²) < 4.78 is 2.02. The van der Waals surface area contributed by atoms with E-state index in [1.54, 1.807) is 11.3 Å². The summed E-state index contributed by atoms with van der Waals surface area (Å²) in [7, 11) is 0. The number of hydrogen-bond donors (Lipinski definition) is 0. The SMILES string of the molecule is C=CC(=O)N1Cc2sc(C)cc2[C@@H](c2ccccc2-c2cn(Cc3ccccc3)nc2C)C1. The van der Waals surface area contributed by atoms with Crippen LogP contribution in [-0.4, -0.2) is 27.1 Å². The first kappa shape index (κ1) is 21.4. The molecule has 0 radical (unpaired) electrons. The van der Waals surface area contributed by atoms with E-state index in [0.717, 1.165) is 17.8 Å². The number of carbonyl (C=O) groups excluding carboxylic acids is 1. The van der Waals surface area contributed by atoms with E-state index >= 15 is 0 Å². The maximum atomic E-state index is 12.5. The first-order valence-corrected chi connectivity index (χ1v) is 12.0. The number of amides is 1. The molecule has 0 unspecified atom stereocenters. The Balaban J connectivity index is 1.56.